The van der Waals surface area contributed by atoms with E-state index >= 15 is 0 Å². The van der Waals surface area contributed by atoms with Gasteiger partial charge in [-0.25, -0.2) is 9.59 Å². The highest BCUT2D eigenvalue weighted by atomic mass is 127. The molecule has 31 heavy (non-hydrogen) atoms. The lowest BCUT2D eigenvalue weighted by Crippen LogP contribution is -2.41. The Morgan fingerprint density at radius 3 is 2.29 bits per heavy atom. The fourth-order valence-electron chi connectivity index (χ4n) is 3.56. The molecule has 0 aromatic heterocycles. The molecule has 1 unspecified atom stereocenters. The van der Waals surface area contributed by atoms with Crippen LogP contribution in [0.15, 0.2) is 71.2 Å². The second-order valence-electron chi connectivity index (χ2n) is 6.79. The van der Waals surface area contributed by atoms with E-state index in [1.165, 1.54) is 19.1 Å². The van der Waals surface area contributed by atoms with Crippen molar-refractivity contribution in [2.24, 2.45) is 5.73 Å². The minimum Gasteiger partial charge on any atom is -0.466 e. The summed E-state index contributed by atoms with van der Waals surface area (Å²) in [6.45, 7) is 1.93. The summed E-state index contributed by atoms with van der Waals surface area (Å²) < 4.78 is 10.8. The second kappa shape index (κ2) is 9.22. The van der Waals surface area contributed by atoms with Gasteiger partial charge >= 0.3 is 11.9 Å². The zero-order valence-corrected chi connectivity index (χ0v) is 19.3. The van der Waals surface area contributed by atoms with Crippen molar-refractivity contribution in [1.82, 2.24) is 0 Å². The van der Waals surface area contributed by atoms with Crippen LogP contribution in [0.4, 0.5) is 5.69 Å². The molecule has 1 aliphatic heterocycles. The highest BCUT2D eigenvalue weighted by Gasteiger charge is 2.43. The van der Waals surface area contributed by atoms with E-state index in [-0.39, 0.29) is 22.7 Å². The van der Waals surface area contributed by atoms with Gasteiger partial charge in [0, 0.05) is 3.57 Å². The molecule has 0 bridgehead atoms. The van der Waals surface area contributed by atoms with Crippen LogP contribution < -0.4 is 10.6 Å². The van der Waals surface area contributed by atoms with Crippen molar-refractivity contribution in [2.45, 2.75) is 12.8 Å². The number of anilines is 1. The number of rotatable bonds is 4. The van der Waals surface area contributed by atoms with E-state index in [9.17, 15) is 14.9 Å². The van der Waals surface area contributed by atoms with Crippen LogP contribution in [0.3, 0.4) is 0 Å². The average molecular weight is 529 g/mol. The predicted molar refractivity (Wildman–Crippen MR) is 123 cm³/mol. The maximum Gasteiger partial charge on any atom is 0.355 e. The Morgan fingerprint density at radius 2 is 1.74 bits per heavy atom. The maximum atomic E-state index is 13.0. The molecule has 158 valence electrons. The summed E-state index contributed by atoms with van der Waals surface area (Å²) in [6.07, 6.45) is 0. The molecule has 0 saturated heterocycles. The first-order valence-electron chi connectivity index (χ1n) is 9.27. The summed E-state index contributed by atoms with van der Waals surface area (Å²) in [5.74, 6) is -2.35. The van der Waals surface area contributed by atoms with Gasteiger partial charge in [-0.3, -0.25) is 4.90 Å². The average Bonchev–Trinajstić information content (AvgIpc) is 2.78. The second-order valence-corrected chi connectivity index (χ2v) is 7.95. The van der Waals surface area contributed by atoms with Crippen LogP contribution in [-0.4, -0.2) is 26.2 Å². The molecule has 0 amide bonds. The van der Waals surface area contributed by atoms with Crippen molar-refractivity contribution in [3.8, 4) is 6.07 Å². The number of hydrogen-bond donors (Lipinski definition) is 1. The monoisotopic (exact) mass is 529 g/mol. The Morgan fingerprint density at radius 1 is 1.10 bits per heavy atom. The quantitative estimate of drug-likeness (QED) is 0.478. The molecule has 0 aliphatic carbocycles. The lowest BCUT2D eigenvalue weighted by Gasteiger charge is -2.36. The largest absolute Gasteiger partial charge is 0.466 e. The third-order valence-corrected chi connectivity index (χ3v) is 5.82. The molecular weight excluding hydrogens is 509 g/mol. The molecule has 2 aromatic carbocycles. The lowest BCUT2D eigenvalue weighted by atomic mass is 9.81. The van der Waals surface area contributed by atoms with Gasteiger partial charge in [-0.2, -0.15) is 5.26 Å². The number of nitrogens with two attached hydrogens (primary N) is 1. The van der Waals surface area contributed by atoms with Crippen molar-refractivity contribution in [1.29, 1.82) is 5.26 Å². The third-order valence-electron chi connectivity index (χ3n) is 4.95. The summed E-state index contributed by atoms with van der Waals surface area (Å²) >= 11 is 2.12. The van der Waals surface area contributed by atoms with Crippen LogP contribution in [0.25, 0.3) is 0 Å². The van der Waals surface area contributed by atoms with Gasteiger partial charge in [-0.05, 0) is 52.8 Å². The van der Waals surface area contributed by atoms with Gasteiger partial charge < -0.3 is 15.2 Å². The first-order valence-corrected chi connectivity index (χ1v) is 10.3. The highest BCUT2D eigenvalue weighted by Crippen LogP contribution is 2.44. The standard InChI is InChI=1S/C23H20IN3O4/c1-13-9-10-17(16(24)11-13)27-20(23(29)31-3)19(22(28)30-2)18(15(12-25)21(27)26)14-7-5-4-6-8-14/h4-11,18H,26H2,1-3H3. The maximum absolute atomic E-state index is 13.0. The number of hydrogen-bond acceptors (Lipinski definition) is 7. The number of halogens is 1. The number of allylic oxidation sites excluding steroid dienone is 1. The molecule has 2 aromatic rings. The zero-order valence-electron chi connectivity index (χ0n) is 17.2. The van der Waals surface area contributed by atoms with Gasteiger partial charge in [0.25, 0.3) is 0 Å². The van der Waals surface area contributed by atoms with E-state index in [1.54, 1.807) is 30.3 Å². The van der Waals surface area contributed by atoms with E-state index in [0.29, 0.717) is 11.3 Å². The summed E-state index contributed by atoms with van der Waals surface area (Å²) in [7, 11) is 2.44. The van der Waals surface area contributed by atoms with Crippen LogP contribution in [-0.2, 0) is 19.1 Å². The molecule has 0 fully saturated rings. The molecular formula is C23H20IN3O4. The fraction of sp³-hybridized carbons (Fsp3) is 0.174. The summed E-state index contributed by atoms with van der Waals surface area (Å²) in [6, 6.07) is 16.6. The van der Waals surface area contributed by atoms with Crippen molar-refractivity contribution >= 4 is 40.2 Å². The first kappa shape index (κ1) is 22.4. The number of aryl methyl sites for hydroxylation is 1. The van der Waals surface area contributed by atoms with Crippen LogP contribution in [0.1, 0.15) is 17.0 Å². The number of carbonyl (C=O) groups excluding carboxylic acids is 2. The van der Waals surface area contributed by atoms with Gasteiger partial charge in [-0.15, -0.1) is 0 Å². The van der Waals surface area contributed by atoms with Gasteiger partial charge in [0.2, 0.25) is 0 Å². The van der Waals surface area contributed by atoms with Crippen LogP contribution in [0, 0.1) is 21.8 Å². The van der Waals surface area contributed by atoms with Crippen LogP contribution in [0.2, 0.25) is 0 Å². The predicted octanol–water partition coefficient (Wildman–Crippen LogP) is 3.50. The minimum atomic E-state index is -0.882. The smallest absolute Gasteiger partial charge is 0.355 e. The van der Waals surface area contributed by atoms with Crippen molar-refractivity contribution < 1.29 is 19.1 Å². The Bertz CT molecular complexity index is 1150. The number of ether oxygens (including phenoxy) is 2. The van der Waals surface area contributed by atoms with E-state index in [4.69, 9.17) is 15.2 Å². The number of nitrogens with zero attached hydrogens (tertiary/aromatic N) is 2. The molecule has 0 saturated carbocycles. The van der Waals surface area contributed by atoms with Crippen LogP contribution in [0.5, 0.6) is 0 Å². The minimum absolute atomic E-state index is 0.0114. The van der Waals surface area contributed by atoms with Gasteiger partial charge in [0.05, 0.1) is 43.0 Å². The topological polar surface area (TPSA) is 106 Å². The summed E-state index contributed by atoms with van der Waals surface area (Å²) in [4.78, 5) is 27.4. The number of nitriles is 1. The van der Waals surface area contributed by atoms with E-state index < -0.39 is 17.9 Å². The van der Waals surface area contributed by atoms with Crippen molar-refractivity contribution in [3.63, 3.8) is 0 Å². The Balaban J connectivity index is 2.43. The van der Waals surface area contributed by atoms with Gasteiger partial charge in [0.15, 0.2) is 0 Å². The Labute approximate surface area is 193 Å². The van der Waals surface area contributed by atoms with Gasteiger partial charge in [0.1, 0.15) is 11.5 Å². The van der Waals surface area contributed by atoms with E-state index in [1.807, 2.05) is 25.1 Å². The number of carbonyl (C=O) groups is 2. The molecule has 1 atom stereocenters. The third kappa shape index (κ3) is 4.01. The highest BCUT2D eigenvalue weighted by molar-refractivity contribution is 14.1. The van der Waals surface area contributed by atoms with Crippen LogP contribution >= 0.6 is 22.6 Å². The van der Waals surface area contributed by atoms with Gasteiger partial charge in [-0.1, -0.05) is 36.4 Å². The molecule has 1 heterocycles. The molecule has 0 spiro atoms. The molecule has 8 heteroatoms. The van der Waals surface area contributed by atoms with E-state index in [2.05, 4.69) is 28.7 Å². The first-order chi connectivity index (χ1) is 14.8. The molecule has 3 rings (SSSR count). The van der Waals surface area contributed by atoms with Crippen molar-refractivity contribution in [3.05, 3.63) is 85.9 Å². The lowest BCUT2D eigenvalue weighted by molar-refractivity contribution is -0.139. The summed E-state index contributed by atoms with van der Waals surface area (Å²) in [5.41, 5.74) is 8.69. The zero-order chi connectivity index (χ0) is 22.7. The fourth-order valence-corrected chi connectivity index (χ4v) is 4.47. The Hall–Kier alpha value is -3.32. The molecule has 2 N–H and O–H groups in total. The number of benzene rings is 2. The number of methoxy groups -OCH3 is 2. The van der Waals surface area contributed by atoms with Crippen molar-refractivity contribution in [2.75, 3.05) is 19.1 Å². The summed E-state index contributed by atoms with van der Waals surface area (Å²) in [5, 5.41) is 10.0. The molecule has 7 nitrogen and oxygen atoms in total. The normalized spacial score (nSPS) is 16.1. The Kier molecular flexibility index (Phi) is 6.65. The number of esters is 2. The SMILES string of the molecule is COC(=O)C1=C(C(=O)OC)N(c2ccc(C)cc2I)C(N)=C(C#N)C1c1ccccc1. The molecule has 0 radical (unpaired) electrons. The van der Waals surface area contributed by atoms with E-state index in [0.717, 1.165) is 9.13 Å². The molecule has 1 aliphatic rings.